The van der Waals surface area contributed by atoms with Crippen molar-refractivity contribution in [3.8, 4) is 0 Å². The van der Waals surface area contributed by atoms with E-state index < -0.39 is 14.4 Å². The first-order chi connectivity index (χ1) is 8.03. The molecule has 0 spiro atoms. The molecule has 1 unspecified atom stereocenters. The van der Waals surface area contributed by atoms with Crippen LogP contribution in [0, 0.1) is 0 Å². The third-order valence-electron chi connectivity index (χ3n) is 2.92. The van der Waals surface area contributed by atoms with Gasteiger partial charge in [-0.2, -0.15) is 0 Å². The van der Waals surface area contributed by atoms with Crippen molar-refractivity contribution in [1.82, 2.24) is 0 Å². The van der Waals surface area contributed by atoms with Gasteiger partial charge in [-0.05, 0) is 37.7 Å². The summed E-state index contributed by atoms with van der Waals surface area (Å²) in [4.78, 5) is 0. The summed E-state index contributed by atoms with van der Waals surface area (Å²) in [6.45, 7) is 8.90. The fourth-order valence-electron chi connectivity index (χ4n) is 2.09. The molecule has 1 N–H and O–H groups in total. The van der Waals surface area contributed by atoms with Gasteiger partial charge in [0.2, 0.25) is 8.32 Å². The lowest BCUT2D eigenvalue weighted by Crippen LogP contribution is -2.36. The van der Waals surface area contributed by atoms with Crippen molar-refractivity contribution >= 4 is 8.32 Å². The molecule has 3 heteroatoms. The van der Waals surface area contributed by atoms with Crippen LogP contribution in [0.5, 0.6) is 0 Å². The average molecular weight is 250 g/mol. The maximum absolute atomic E-state index is 10.4. The van der Waals surface area contributed by atoms with Gasteiger partial charge in [0, 0.05) is 6.61 Å². The minimum atomic E-state index is -1.97. The van der Waals surface area contributed by atoms with Crippen LogP contribution in [-0.4, -0.2) is 20.0 Å². The summed E-state index contributed by atoms with van der Waals surface area (Å²) in [5.41, 5.74) is 0.931. The highest BCUT2D eigenvalue weighted by Gasteiger charge is 2.32. The lowest BCUT2D eigenvalue weighted by Gasteiger charge is -2.29. The highest BCUT2D eigenvalue weighted by atomic mass is 28.4. The SMILES string of the molecule is C/C=C(/C(O)c1ccccc1)[Si](C)(C)OCC. The van der Waals surface area contributed by atoms with Gasteiger partial charge >= 0.3 is 0 Å². The molecule has 1 rings (SSSR count). The van der Waals surface area contributed by atoms with Crippen molar-refractivity contribution in [1.29, 1.82) is 0 Å². The van der Waals surface area contributed by atoms with Crippen LogP contribution in [-0.2, 0) is 4.43 Å². The minimum Gasteiger partial charge on any atom is -0.413 e. The van der Waals surface area contributed by atoms with E-state index in [1.165, 1.54) is 0 Å². The van der Waals surface area contributed by atoms with Gasteiger partial charge in [0.15, 0.2) is 0 Å². The van der Waals surface area contributed by atoms with E-state index in [1.54, 1.807) is 0 Å². The molecule has 0 aromatic heterocycles. The molecule has 0 fully saturated rings. The zero-order valence-electron chi connectivity index (χ0n) is 11.1. The Kier molecular flexibility index (Phi) is 5.12. The van der Waals surface area contributed by atoms with Crippen molar-refractivity contribution in [2.24, 2.45) is 0 Å². The van der Waals surface area contributed by atoms with Gasteiger partial charge in [0.25, 0.3) is 0 Å². The Morgan fingerprint density at radius 3 is 2.41 bits per heavy atom. The summed E-state index contributed by atoms with van der Waals surface area (Å²) in [6.07, 6.45) is 1.45. The standard InChI is InChI=1S/C14H22O2Si/c1-5-13(17(3,4)16-6-2)14(15)12-10-8-7-9-11-12/h5,7-11,14-15H,6H2,1-4H3/b13-5-. The van der Waals surface area contributed by atoms with Crippen LogP contribution in [0.4, 0.5) is 0 Å². The molecule has 0 radical (unpaired) electrons. The minimum absolute atomic E-state index is 0.547. The monoisotopic (exact) mass is 250 g/mol. The van der Waals surface area contributed by atoms with Gasteiger partial charge in [-0.15, -0.1) is 0 Å². The molecule has 1 aromatic rings. The second kappa shape index (κ2) is 6.14. The van der Waals surface area contributed by atoms with E-state index in [9.17, 15) is 5.11 Å². The molecule has 0 bridgehead atoms. The summed E-state index contributed by atoms with van der Waals surface area (Å²) < 4.78 is 5.84. The van der Waals surface area contributed by atoms with Crippen molar-refractivity contribution < 1.29 is 9.53 Å². The number of rotatable bonds is 5. The van der Waals surface area contributed by atoms with Gasteiger partial charge in [-0.25, -0.2) is 0 Å². The van der Waals surface area contributed by atoms with Crippen LogP contribution in [0.2, 0.25) is 13.1 Å². The molecule has 17 heavy (non-hydrogen) atoms. The topological polar surface area (TPSA) is 29.5 Å². The summed E-state index contributed by atoms with van der Waals surface area (Å²) >= 11 is 0. The van der Waals surface area contributed by atoms with Crippen LogP contribution in [0.25, 0.3) is 0 Å². The molecular formula is C14H22O2Si. The number of hydrogen-bond donors (Lipinski definition) is 1. The van der Waals surface area contributed by atoms with E-state index in [1.807, 2.05) is 50.3 Å². The number of allylic oxidation sites excluding steroid dienone is 1. The Morgan fingerprint density at radius 1 is 1.35 bits per heavy atom. The summed E-state index contributed by atoms with van der Waals surface area (Å²) in [6, 6.07) is 9.74. The normalized spacial score (nSPS) is 14.8. The number of aliphatic hydroxyl groups excluding tert-OH is 1. The predicted molar refractivity (Wildman–Crippen MR) is 74.3 cm³/mol. The van der Waals surface area contributed by atoms with Crippen LogP contribution < -0.4 is 0 Å². The molecule has 0 amide bonds. The van der Waals surface area contributed by atoms with Gasteiger partial charge in [0.1, 0.15) is 0 Å². The summed E-state index contributed by atoms with van der Waals surface area (Å²) in [5.74, 6) is 0. The Balaban J connectivity index is 2.97. The molecule has 94 valence electrons. The van der Waals surface area contributed by atoms with Gasteiger partial charge in [-0.3, -0.25) is 0 Å². The molecule has 0 aliphatic rings. The van der Waals surface area contributed by atoms with Crippen LogP contribution in [0.3, 0.4) is 0 Å². The zero-order chi connectivity index (χ0) is 12.9. The molecule has 0 saturated carbocycles. The van der Waals surface area contributed by atoms with Crippen LogP contribution in [0.15, 0.2) is 41.6 Å². The first-order valence-electron chi connectivity index (χ1n) is 6.06. The number of hydrogen-bond acceptors (Lipinski definition) is 2. The van der Waals surface area contributed by atoms with E-state index in [-0.39, 0.29) is 0 Å². The summed E-state index contributed by atoms with van der Waals surface area (Å²) in [5, 5.41) is 11.5. The largest absolute Gasteiger partial charge is 0.413 e. The van der Waals surface area contributed by atoms with Gasteiger partial charge in [0.05, 0.1) is 6.10 Å². The highest BCUT2D eigenvalue weighted by Crippen LogP contribution is 2.29. The molecular weight excluding hydrogens is 228 g/mol. The molecule has 0 saturated heterocycles. The maximum atomic E-state index is 10.4. The second-order valence-electron chi connectivity index (χ2n) is 4.50. The third kappa shape index (κ3) is 3.53. The molecule has 2 nitrogen and oxygen atoms in total. The zero-order valence-corrected chi connectivity index (χ0v) is 12.1. The van der Waals surface area contributed by atoms with Crippen LogP contribution >= 0.6 is 0 Å². The quantitative estimate of drug-likeness (QED) is 0.811. The predicted octanol–water partition coefficient (Wildman–Crippen LogP) is 3.45. The first kappa shape index (κ1) is 14.2. The van der Waals surface area contributed by atoms with Crippen LogP contribution in [0.1, 0.15) is 25.5 Å². The molecule has 0 aliphatic carbocycles. The maximum Gasteiger partial charge on any atom is 0.216 e. The molecule has 1 atom stereocenters. The third-order valence-corrected chi connectivity index (χ3v) is 5.88. The fraction of sp³-hybridized carbons (Fsp3) is 0.429. The fourth-order valence-corrected chi connectivity index (χ4v) is 4.50. The lowest BCUT2D eigenvalue weighted by atomic mass is 10.1. The summed E-state index contributed by atoms with van der Waals surface area (Å²) in [7, 11) is -1.97. The average Bonchev–Trinajstić information content (AvgIpc) is 2.30. The van der Waals surface area contributed by atoms with E-state index in [2.05, 4.69) is 13.1 Å². The lowest BCUT2D eigenvalue weighted by molar-refractivity contribution is 0.215. The second-order valence-corrected chi connectivity index (χ2v) is 8.39. The number of aliphatic hydroxyl groups is 1. The molecule has 0 heterocycles. The Hall–Kier alpha value is -0.903. The van der Waals surface area contributed by atoms with Crippen molar-refractivity contribution in [3.63, 3.8) is 0 Å². The number of benzene rings is 1. The van der Waals surface area contributed by atoms with Crippen molar-refractivity contribution in [2.45, 2.75) is 33.0 Å². The smallest absolute Gasteiger partial charge is 0.216 e. The Morgan fingerprint density at radius 2 is 1.94 bits per heavy atom. The van der Waals surface area contributed by atoms with Crippen molar-refractivity contribution in [2.75, 3.05) is 6.61 Å². The van der Waals surface area contributed by atoms with E-state index in [0.717, 1.165) is 10.8 Å². The first-order valence-corrected chi connectivity index (χ1v) is 8.97. The van der Waals surface area contributed by atoms with E-state index in [4.69, 9.17) is 4.43 Å². The van der Waals surface area contributed by atoms with Gasteiger partial charge in [-0.1, -0.05) is 36.4 Å². The highest BCUT2D eigenvalue weighted by molar-refractivity contribution is 6.78. The van der Waals surface area contributed by atoms with Crippen molar-refractivity contribution in [3.05, 3.63) is 47.2 Å². The Bertz CT molecular complexity index is 371. The molecule has 1 aromatic carbocycles. The Labute approximate surface area is 105 Å². The van der Waals surface area contributed by atoms with E-state index >= 15 is 0 Å². The van der Waals surface area contributed by atoms with Gasteiger partial charge < -0.3 is 9.53 Å². The molecule has 0 aliphatic heterocycles. The van der Waals surface area contributed by atoms with E-state index in [0.29, 0.717) is 6.61 Å².